The van der Waals surface area contributed by atoms with Crippen molar-refractivity contribution in [2.75, 3.05) is 13.2 Å². The lowest BCUT2D eigenvalue weighted by atomic mass is 9.77. The number of aryl methyl sites for hydroxylation is 1. The fourth-order valence-electron chi connectivity index (χ4n) is 3.28. The number of hydrogen-bond acceptors (Lipinski definition) is 4. The third kappa shape index (κ3) is 3.17. The van der Waals surface area contributed by atoms with Crippen LogP contribution in [0.1, 0.15) is 16.7 Å². The zero-order valence-corrected chi connectivity index (χ0v) is 14.1. The summed E-state index contributed by atoms with van der Waals surface area (Å²) in [7, 11) is 1.51. The van der Waals surface area contributed by atoms with E-state index in [0.717, 1.165) is 10.9 Å². The Labute approximate surface area is 144 Å². The molecule has 2 aliphatic rings. The van der Waals surface area contributed by atoms with Crippen molar-refractivity contribution in [2.45, 2.75) is 20.1 Å². The minimum Gasteiger partial charge on any atom is -0.405 e. The van der Waals surface area contributed by atoms with Crippen molar-refractivity contribution in [1.82, 2.24) is 0 Å². The van der Waals surface area contributed by atoms with Crippen molar-refractivity contribution in [2.24, 2.45) is 0 Å². The zero-order chi connectivity index (χ0) is 16.5. The zero-order valence-electron chi connectivity index (χ0n) is 14.1. The monoisotopic (exact) mass is 320 g/mol. The molecule has 0 aromatic heterocycles. The Hall–Kier alpha value is -1.53. The van der Waals surface area contributed by atoms with Gasteiger partial charge in [0.15, 0.2) is 0 Å². The first-order valence-electron chi connectivity index (χ1n) is 8.36. The molecule has 2 heterocycles. The summed E-state index contributed by atoms with van der Waals surface area (Å²) in [4.78, 5) is 0. The number of benzene rings is 2. The summed E-state index contributed by atoms with van der Waals surface area (Å²) in [6.45, 7) is 4.25. The Kier molecular flexibility index (Phi) is 4.50. The Bertz CT molecular complexity index is 689. The number of fused-ring (bicyclic) bond motifs is 2. The van der Waals surface area contributed by atoms with Crippen LogP contribution in [-0.4, -0.2) is 35.3 Å². The van der Waals surface area contributed by atoms with Crippen LogP contribution in [0.5, 0.6) is 0 Å². The highest BCUT2D eigenvalue weighted by Crippen LogP contribution is 2.14. The third-order valence-corrected chi connectivity index (χ3v) is 4.51. The fourth-order valence-corrected chi connectivity index (χ4v) is 3.28. The molecular weight excluding hydrogens is 301 g/mol. The van der Waals surface area contributed by atoms with Gasteiger partial charge in [0.1, 0.15) is 7.85 Å². The van der Waals surface area contributed by atoms with E-state index in [1.165, 1.54) is 22.2 Å². The van der Waals surface area contributed by atoms with Crippen LogP contribution in [0.15, 0.2) is 36.4 Å². The Morgan fingerprint density at radius 2 is 1.50 bits per heavy atom. The van der Waals surface area contributed by atoms with E-state index in [2.05, 4.69) is 51.2 Å². The van der Waals surface area contributed by atoms with E-state index >= 15 is 0 Å². The van der Waals surface area contributed by atoms with Gasteiger partial charge in [0.2, 0.25) is 0 Å². The molecule has 120 valence electrons. The first kappa shape index (κ1) is 16.0. The van der Waals surface area contributed by atoms with Gasteiger partial charge in [-0.2, -0.15) is 0 Å². The van der Waals surface area contributed by atoms with Gasteiger partial charge in [-0.05, 0) is 29.0 Å². The van der Waals surface area contributed by atoms with E-state index in [1.807, 2.05) is 0 Å². The molecule has 2 aliphatic heterocycles. The Balaban J connectivity index is 1.28. The van der Waals surface area contributed by atoms with Crippen LogP contribution in [0.25, 0.3) is 0 Å². The molecule has 0 bridgehead atoms. The second-order valence-corrected chi connectivity index (χ2v) is 6.43. The van der Waals surface area contributed by atoms with Gasteiger partial charge >= 0.3 is 14.2 Å². The molecule has 0 spiro atoms. The van der Waals surface area contributed by atoms with Crippen LogP contribution < -0.4 is 16.4 Å². The van der Waals surface area contributed by atoms with E-state index in [-0.39, 0.29) is 14.2 Å². The predicted octanol–water partition coefficient (Wildman–Crippen LogP) is -0.562. The molecule has 2 aromatic rings. The normalized spacial score (nSPS) is 15.7. The van der Waals surface area contributed by atoms with Crippen LogP contribution in [0.3, 0.4) is 0 Å². The van der Waals surface area contributed by atoms with E-state index < -0.39 is 0 Å². The Morgan fingerprint density at radius 3 is 2.17 bits per heavy atom. The van der Waals surface area contributed by atoms with E-state index in [0.29, 0.717) is 26.4 Å². The highest BCUT2D eigenvalue weighted by atomic mass is 16.6. The van der Waals surface area contributed by atoms with Crippen molar-refractivity contribution in [3.63, 3.8) is 0 Å². The maximum Gasteiger partial charge on any atom is 0.494 e. The van der Waals surface area contributed by atoms with Gasteiger partial charge in [0.25, 0.3) is 0 Å². The molecular formula is C17H19B3O4. The standard InChI is InChI=1S/C17H19B3O4/c1-12-2-4-16-13(8-12)10-23-19(16)21-6-7-22-20-17-5-3-15(18)9-14(17)11-24-20/h2-5,8-9H,6-7,10-11,18H2,1H3. The lowest BCUT2D eigenvalue weighted by Gasteiger charge is -2.11. The summed E-state index contributed by atoms with van der Waals surface area (Å²) in [5.41, 5.74) is 7.16. The molecule has 0 saturated heterocycles. The van der Waals surface area contributed by atoms with Crippen molar-refractivity contribution in [3.05, 3.63) is 53.1 Å². The van der Waals surface area contributed by atoms with E-state index in [4.69, 9.17) is 18.6 Å². The lowest BCUT2D eigenvalue weighted by Crippen LogP contribution is -2.36. The number of rotatable bonds is 5. The first-order valence-corrected chi connectivity index (χ1v) is 8.36. The predicted molar refractivity (Wildman–Crippen MR) is 98.1 cm³/mol. The summed E-state index contributed by atoms with van der Waals surface area (Å²) in [5, 5.41) is 0. The second kappa shape index (κ2) is 6.77. The minimum atomic E-state index is -0.288. The molecule has 2 aromatic carbocycles. The lowest BCUT2D eigenvalue weighted by molar-refractivity contribution is 0.149. The van der Waals surface area contributed by atoms with Crippen LogP contribution >= 0.6 is 0 Å². The molecule has 0 unspecified atom stereocenters. The van der Waals surface area contributed by atoms with Crippen molar-refractivity contribution in [3.8, 4) is 0 Å². The molecule has 0 amide bonds. The molecule has 0 N–H and O–H groups in total. The number of hydrogen-bond donors (Lipinski definition) is 0. The van der Waals surface area contributed by atoms with E-state index in [9.17, 15) is 0 Å². The molecule has 7 heteroatoms. The van der Waals surface area contributed by atoms with Crippen molar-refractivity contribution < 1.29 is 18.6 Å². The highest BCUT2D eigenvalue weighted by Gasteiger charge is 2.32. The maximum atomic E-state index is 5.83. The van der Waals surface area contributed by atoms with Crippen LogP contribution in [0, 0.1) is 6.92 Å². The third-order valence-electron chi connectivity index (χ3n) is 4.51. The van der Waals surface area contributed by atoms with Gasteiger partial charge in [0.05, 0.1) is 26.4 Å². The van der Waals surface area contributed by atoms with Gasteiger partial charge in [-0.3, -0.25) is 0 Å². The molecule has 4 nitrogen and oxygen atoms in total. The molecule has 4 rings (SSSR count). The van der Waals surface area contributed by atoms with Gasteiger partial charge < -0.3 is 18.6 Å². The van der Waals surface area contributed by atoms with E-state index in [1.54, 1.807) is 0 Å². The van der Waals surface area contributed by atoms with Gasteiger partial charge in [-0.25, -0.2) is 0 Å². The van der Waals surface area contributed by atoms with Crippen molar-refractivity contribution in [1.29, 1.82) is 0 Å². The minimum absolute atomic E-state index is 0.288. The fraction of sp³-hybridized carbons (Fsp3) is 0.294. The molecule has 0 saturated carbocycles. The largest absolute Gasteiger partial charge is 0.494 e. The summed E-state index contributed by atoms with van der Waals surface area (Å²) in [6, 6.07) is 12.7. The molecule has 0 aliphatic carbocycles. The summed E-state index contributed by atoms with van der Waals surface area (Å²) in [6.07, 6.45) is 0. The van der Waals surface area contributed by atoms with Gasteiger partial charge in [-0.1, -0.05) is 47.4 Å². The summed E-state index contributed by atoms with van der Waals surface area (Å²) >= 11 is 0. The molecule has 0 atom stereocenters. The topological polar surface area (TPSA) is 36.9 Å². The second-order valence-electron chi connectivity index (χ2n) is 6.43. The quantitative estimate of drug-likeness (QED) is 0.547. The SMILES string of the molecule is Bc1ccc2c(c1)COB2OCCOB1OCc2cc(C)ccc21. The van der Waals surface area contributed by atoms with Gasteiger partial charge in [-0.15, -0.1) is 0 Å². The van der Waals surface area contributed by atoms with Gasteiger partial charge in [0, 0.05) is 0 Å². The van der Waals surface area contributed by atoms with Crippen LogP contribution in [0.4, 0.5) is 0 Å². The Morgan fingerprint density at radius 1 is 0.917 bits per heavy atom. The average Bonchev–Trinajstić information content (AvgIpc) is 3.15. The molecule has 0 radical (unpaired) electrons. The molecule has 0 fully saturated rings. The highest BCUT2D eigenvalue weighted by molar-refractivity contribution is 6.63. The summed E-state index contributed by atoms with van der Waals surface area (Å²) < 4.78 is 23.1. The molecule has 24 heavy (non-hydrogen) atoms. The maximum absolute atomic E-state index is 5.83. The van der Waals surface area contributed by atoms with Crippen molar-refractivity contribution >= 4 is 38.5 Å². The summed E-state index contributed by atoms with van der Waals surface area (Å²) in [5.74, 6) is 0. The van der Waals surface area contributed by atoms with Crippen LogP contribution in [0.2, 0.25) is 0 Å². The average molecular weight is 320 g/mol. The smallest absolute Gasteiger partial charge is 0.405 e. The van der Waals surface area contributed by atoms with Crippen LogP contribution in [-0.2, 0) is 31.8 Å². The first-order chi connectivity index (χ1) is 11.7.